The molecule has 0 saturated carbocycles. The molecule has 1 fully saturated rings. The minimum atomic E-state index is -4.64. The first-order valence-electron chi connectivity index (χ1n) is 12.1. The monoisotopic (exact) mass is 592 g/mol. The number of piperidine rings is 1. The molecule has 0 radical (unpaired) electrons. The molecule has 2 heterocycles. The zero-order valence-corrected chi connectivity index (χ0v) is 22.1. The molecule has 1 unspecified atom stereocenters. The molecule has 1 atom stereocenters. The summed E-state index contributed by atoms with van der Waals surface area (Å²) in [5, 5.41) is 1.89. The minimum Gasteiger partial charge on any atom is -0.485 e. The minimum absolute atomic E-state index is 0.323. The number of ether oxygens (including phenoxy) is 1. The Hall–Kier alpha value is -2.61. The van der Waals surface area contributed by atoms with Crippen molar-refractivity contribution in [2.24, 2.45) is 0 Å². The van der Waals surface area contributed by atoms with Gasteiger partial charge in [-0.3, -0.25) is 0 Å². The summed E-state index contributed by atoms with van der Waals surface area (Å²) in [5.74, 6) is 0.323. The van der Waals surface area contributed by atoms with Crippen LogP contribution in [-0.2, 0) is 22.4 Å². The van der Waals surface area contributed by atoms with Crippen LogP contribution in [-0.4, -0.2) is 39.0 Å². The van der Waals surface area contributed by atoms with E-state index in [0.717, 1.165) is 35.2 Å². The Morgan fingerprint density at radius 1 is 0.923 bits per heavy atom. The molecule has 4 rings (SSSR count). The average molecular weight is 593 g/mol. The topological polar surface area (TPSA) is 58.6 Å². The largest absolute Gasteiger partial charge is 0.485 e. The van der Waals surface area contributed by atoms with Gasteiger partial charge < -0.3 is 9.64 Å². The predicted molar refractivity (Wildman–Crippen MR) is 135 cm³/mol. The van der Waals surface area contributed by atoms with Crippen molar-refractivity contribution >= 4 is 21.4 Å². The third kappa shape index (κ3) is 7.96. The Morgan fingerprint density at radius 3 is 2.18 bits per heavy atom. The van der Waals surface area contributed by atoms with Crippen LogP contribution in [0, 0.1) is 0 Å². The van der Waals surface area contributed by atoms with Crippen LogP contribution in [0.1, 0.15) is 41.4 Å². The van der Waals surface area contributed by atoms with Gasteiger partial charge >= 0.3 is 12.4 Å². The number of benzene rings is 2. The van der Waals surface area contributed by atoms with Gasteiger partial charge in [0.2, 0.25) is 10.0 Å². The fourth-order valence-corrected chi connectivity index (χ4v) is 6.46. The molecule has 1 aromatic heterocycles. The number of hydrogen-bond donors (Lipinski definition) is 1. The predicted octanol–water partition coefficient (Wildman–Crippen LogP) is 6.74. The number of sulfonamides is 1. The lowest BCUT2D eigenvalue weighted by Gasteiger charge is -2.33. The highest BCUT2D eigenvalue weighted by atomic mass is 32.2. The first-order valence-corrected chi connectivity index (χ1v) is 14.5. The second kappa shape index (κ2) is 11.9. The van der Waals surface area contributed by atoms with Gasteiger partial charge in [0.05, 0.1) is 16.0 Å². The maximum Gasteiger partial charge on any atom is 0.416 e. The summed E-state index contributed by atoms with van der Waals surface area (Å²) in [6.07, 6.45) is -7.95. The molecule has 39 heavy (non-hydrogen) atoms. The number of hydrogen-bond acceptors (Lipinski definition) is 5. The number of halogens is 6. The summed E-state index contributed by atoms with van der Waals surface area (Å²) in [4.78, 5) is 2.63. The van der Waals surface area contributed by atoms with Crippen LogP contribution in [0.2, 0.25) is 0 Å². The maximum absolute atomic E-state index is 13.0. The molecule has 0 amide bonds. The highest BCUT2D eigenvalue weighted by Gasteiger charge is 2.33. The molecule has 5 nitrogen and oxygen atoms in total. The number of thiophene rings is 1. The molecule has 2 aromatic carbocycles. The van der Waals surface area contributed by atoms with Gasteiger partial charge in [0.25, 0.3) is 0 Å². The van der Waals surface area contributed by atoms with E-state index in [0.29, 0.717) is 50.7 Å². The Balaban J connectivity index is 1.31. The van der Waals surface area contributed by atoms with E-state index >= 15 is 0 Å². The summed E-state index contributed by atoms with van der Waals surface area (Å²) in [6.45, 7) is 1.73. The van der Waals surface area contributed by atoms with E-state index in [1.165, 1.54) is 23.5 Å². The first kappa shape index (κ1) is 29.4. The van der Waals surface area contributed by atoms with E-state index in [-0.39, 0.29) is 6.10 Å². The number of nitrogens with zero attached hydrogens (tertiary/aromatic N) is 1. The fourth-order valence-electron chi connectivity index (χ4n) is 4.32. The summed E-state index contributed by atoms with van der Waals surface area (Å²) < 4.78 is 112. The molecule has 1 saturated heterocycles. The average Bonchev–Trinajstić information content (AvgIpc) is 3.42. The van der Waals surface area contributed by atoms with Gasteiger partial charge in [0, 0.05) is 23.9 Å². The van der Waals surface area contributed by atoms with E-state index in [1.54, 1.807) is 0 Å². The van der Waals surface area contributed by atoms with Crippen LogP contribution in [0.5, 0.6) is 5.75 Å². The second-order valence-electron chi connectivity index (χ2n) is 9.20. The van der Waals surface area contributed by atoms with E-state index in [4.69, 9.17) is 4.74 Å². The number of likely N-dealkylation sites (tertiary alicyclic amines) is 1. The van der Waals surface area contributed by atoms with Crippen LogP contribution in [0.4, 0.5) is 26.3 Å². The van der Waals surface area contributed by atoms with Crippen molar-refractivity contribution in [1.29, 1.82) is 0 Å². The molecule has 1 aliphatic rings. The van der Waals surface area contributed by atoms with Crippen molar-refractivity contribution in [2.45, 2.75) is 48.7 Å². The van der Waals surface area contributed by atoms with Crippen LogP contribution in [0.3, 0.4) is 0 Å². The molecule has 212 valence electrons. The van der Waals surface area contributed by atoms with E-state index in [2.05, 4.69) is 9.62 Å². The number of alkyl halides is 6. The molecule has 0 aliphatic carbocycles. The normalized spacial score (nSPS) is 16.8. The maximum atomic E-state index is 13.0. The lowest BCUT2D eigenvalue weighted by Crippen LogP contribution is -2.45. The third-order valence-electron chi connectivity index (χ3n) is 6.41. The quantitative estimate of drug-likeness (QED) is 0.280. The first-order chi connectivity index (χ1) is 18.3. The van der Waals surface area contributed by atoms with Gasteiger partial charge in [-0.25, -0.2) is 13.1 Å². The molecular formula is C26H26F6N2O3S2. The smallest absolute Gasteiger partial charge is 0.416 e. The molecule has 3 aromatic rings. The highest BCUT2D eigenvalue weighted by Crippen LogP contribution is 2.33. The summed E-state index contributed by atoms with van der Waals surface area (Å²) >= 11 is 1.48. The lowest BCUT2D eigenvalue weighted by molar-refractivity contribution is -0.138. The molecule has 0 bridgehead atoms. The Morgan fingerprint density at radius 2 is 1.59 bits per heavy atom. The Kier molecular flexibility index (Phi) is 8.94. The van der Waals surface area contributed by atoms with E-state index in [1.807, 2.05) is 17.5 Å². The number of nitrogens with one attached hydrogen (secondary N) is 1. The molecular weight excluding hydrogens is 566 g/mol. The second-order valence-corrected chi connectivity index (χ2v) is 11.9. The summed E-state index contributed by atoms with van der Waals surface area (Å²) in [5.41, 5.74) is -1.78. The summed E-state index contributed by atoms with van der Waals surface area (Å²) in [6, 6.07) is 11.5. The molecule has 1 N–H and O–H groups in total. The SMILES string of the molecule is O=S(=O)(NC1CCN(CCC(Oc2ccc(C(F)(F)F)cc2)c2cccs2)CC1)c1cccc(C(F)(F)F)c1. The van der Waals surface area contributed by atoms with Gasteiger partial charge in [-0.05, 0) is 79.8 Å². The molecule has 0 spiro atoms. The van der Waals surface area contributed by atoms with Crippen LogP contribution in [0.25, 0.3) is 0 Å². The van der Waals surface area contributed by atoms with Gasteiger partial charge in [-0.2, -0.15) is 26.3 Å². The van der Waals surface area contributed by atoms with Crippen molar-refractivity contribution < 1.29 is 39.5 Å². The Labute approximate surface area is 226 Å². The van der Waals surface area contributed by atoms with Crippen molar-refractivity contribution in [3.63, 3.8) is 0 Å². The van der Waals surface area contributed by atoms with Gasteiger partial charge in [-0.1, -0.05) is 12.1 Å². The van der Waals surface area contributed by atoms with Crippen molar-refractivity contribution in [1.82, 2.24) is 9.62 Å². The standard InChI is InChI=1S/C26H26F6N2O3S2/c27-25(28,29)18-6-8-21(9-7-18)37-23(24-5-2-16-38-24)12-15-34-13-10-20(11-14-34)33-39(35,36)22-4-1-3-19(17-22)26(30,31)32/h1-9,16-17,20,23,33H,10-15H2. The van der Waals surface area contributed by atoms with Crippen molar-refractivity contribution in [3.05, 3.63) is 82.0 Å². The zero-order valence-electron chi connectivity index (χ0n) is 20.5. The molecule has 1 aliphatic heterocycles. The van der Waals surface area contributed by atoms with Gasteiger partial charge in [0.1, 0.15) is 11.9 Å². The van der Waals surface area contributed by atoms with Crippen LogP contribution >= 0.6 is 11.3 Å². The van der Waals surface area contributed by atoms with Crippen LogP contribution in [0.15, 0.2) is 70.9 Å². The van der Waals surface area contributed by atoms with Crippen molar-refractivity contribution in [2.75, 3.05) is 19.6 Å². The highest BCUT2D eigenvalue weighted by molar-refractivity contribution is 7.89. The third-order valence-corrected chi connectivity index (χ3v) is 8.89. The molecule has 13 heteroatoms. The van der Waals surface area contributed by atoms with E-state index < -0.39 is 44.4 Å². The fraction of sp³-hybridized carbons (Fsp3) is 0.385. The van der Waals surface area contributed by atoms with Gasteiger partial charge in [-0.15, -0.1) is 11.3 Å². The van der Waals surface area contributed by atoms with Crippen molar-refractivity contribution in [3.8, 4) is 5.75 Å². The van der Waals surface area contributed by atoms with E-state index in [9.17, 15) is 34.8 Å². The number of rotatable bonds is 9. The zero-order chi connectivity index (χ0) is 28.3. The Bertz CT molecular complexity index is 1320. The van der Waals surface area contributed by atoms with Crippen LogP contribution < -0.4 is 9.46 Å². The lowest BCUT2D eigenvalue weighted by atomic mass is 10.1. The summed E-state index contributed by atoms with van der Waals surface area (Å²) in [7, 11) is -4.12. The van der Waals surface area contributed by atoms with Gasteiger partial charge in [0.15, 0.2) is 0 Å².